The van der Waals surface area contributed by atoms with E-state index in [1.165, 1.54) is 0 Å². The fourth-order valence-corrected chi connectivity index (χ4v) is 2.11. The Morgan fingerprint density at radius 3 is 3.00 bits per heavy atom. The molecule has 1 N–H and O–H groups in total. The average Bonchev–Trinajstić information content (AvgIpc) is 2.76. The van der Waals surface area contributed by atoms with Crippen molar-refractivity contribution in [2.75, 3.05) is 32.5 Å². The summed E-state index contributed by atoms with van der Waals surface area (Å²) in [7, 11) is 4.03. The van der Waals surface area contributed by atoms with Gasteiger partial charge in [0.2, 0.25) is 5.76 Å². The van der Waals surface area contributed by atoms with Gasteiger partial charge in [-0.1, -0.05) is 0 Å². The van der Waals surface area contributed by atoms with Crippen LogP contribution in [0.4, 0.5) is 5.82 Å². The molecule has 0 aliphatic rings. The van der Waals surface area contributed by atoms with E-state index in [-0.39, 0.29) is 5.76 Å². The van der Waals surface area contributed by atoms with Crippen LogP contribution in [0.25, 0.3) is 11.0 Å². The van der Waals surface area contributed by atoms with Crippen molar-refractivity contribution in [3.8, 4) is 6.07 Å². The summed E-state index contributed by atoms with van der Waals surface area (Å²) in [5.41, 5.74) is 0.608. The van der Waals surface area contributed by atoms with E-state index in [4.69, 9.17) is 9.68 Å². The molecule has 2 rings (SSSR count). The van der Waals surface area contributed by atoms with E-state index in [1.54, 1.807) is 12.3 Å². The Morgan fingerprint density at radius 2 is 2.33 bits per heavy atom. The van der Waals surface area contributed by atoms with E-state index in [9.17, 15) is 0 Å². The highest BCUT2D eigenvalue weighted by Gasteiger charge is 2.11. The molecule has 0 radical (unpaired) electrons. The van der Waals surface area contributed by atoms with Crippen molar-refractivity contribution in [2.24, 2.45) is 0 Å². The molecule has 5 nitrogen and oxygen atoms in total. The lowest BCUT2D eigenvalue weighted by molar-refractivity contribution is 0.425. The third kappa shape index (κ3) is 2.63. The number of aromatic nitrogens is 1. The molecular weight excluding hydrogens is 296 g/mol. The molecule has 0 aliphatic heterocycles. The smallest absolute Gasteiger partial charge is 0.204 e. The molecule has 94 valence electrons. The highest BCUT2D eigenvalue weighted by molar-refractivity contribution is 9.10. The van der Waals surface area contributed by atoms with Crippen molar-refractivity contribution in [3.05, 3.63) is 22.5 Å². The fraction of sp³-hybridized carbons (Fsp3) is 0.333. The lowest BCUT2D eigenvalue weighted by Crippen LogP contribution is -2.21. The topological polar surface area (TPSA) is 65.1 Å². The van der Waals surface area contributed by atoms with E-state index in [0.717, 1.165) is 28.8 Å². The second kappa shape index (κ2) is 5.38. The Kier molecular flexibility index (Phi) is 3.84. The zero-order chi connectivity index (χ0) is 13.1. The summed E-state index contributed by atoms with van der Waals surface area (Å²) in [4.78, 5) is 6.36. The van der Waals surface area contributed by atoms with Crippen molar-refractivity contribution < 1.29 is 4.42 Å². The minimum absolute atomic E-state index is 0.290. The molecule has 0 unspecified atom stereocenters. The van der Waals surface area contributed by atoms with Gasteiger partial charge in [0.1, 0.15) is 11.9 Å². The Labute approximate surface area is 114 Å². The first-order valence-corrected chi connectivity index (χ1v) is 6.28. The summed E-state index contributed by atoms with van der Waals surface area (Å²) < 4.78 is 6.13. The van der Waals surface area contributed by atoms with Crippen LogP contribution in [0.3, 0.4) is 0 Å². The van der Waals surface area contributed by atoms with Gasteiger partial charge in [0, 0.05) is 24.5 Å². The summed E-state index contributed by atoms with van der Waals surface area (Å²) >= 11 is 3.48. The molecule has 2 heterocycles. The number of halogens is 1. The van der Waals surface area contributed by atoms with Crippen LogP contribution in [0, 0.1) is 11.3 Å². The number of nitrogens with one attached hydrogen (secondary N) is 1. The first-order valence-electron chi connectivity index (χ1n) is 5.48. The molecule has 2 aromatic rings. The highest BCUT2D eigenvalue weighted by Crippen LogP contribution is 2.31. The standard InChI is InChI=1S/C12H13BrN4O/c1-17(2)4-3-15-12-11(13)9-5-8(6-14)18-10(9)7-16-12/h5,7H,3-4H2,1-2H3,(H,15,16). The van der Waals surface area contributed by atoms with E-state index in [0.29, 0.717) is 5.58 Å². The molecule has 6 heteroatoms. The number of likely N-dealkylation sites (N-methyl/N-ethyl adjacent to an activating group) is 1. The molecule has 0 spiro atoms. The Bertz CT molecular complexity index is 600. The predicted molar refractivity (Wildman–Crippen MR) is 73.5 cm³/mol. The summed E-state index contributed by atoms with van der Waals surface area (Å²) in [6, 6.07) is 3.69. The molecular formula is C12H13BrN4O. The summed E-state index contributed by atoms with van der Waals surface area (Å²) in [6.45, 7) is 1.72. The number of anilines is 1. The first kappa shape index (κ1) is 12.9. The number of pyridine rings is 1. The molecule has 0 saturated heterocycles. The zero-order valence-electron chi connectivity index (χ0n) is 10.2. The largest absolute Gasteiger partial charge is 0.444 e. The number of fused-ring (bicyclic) bond motifs is 1. The highest BCUT2D eigenvalue weighted by atomic mass is 79.9. The molecule has 0 bridgehead atoms. The molecule has 0 atom stereocenters. The maximum Gasteiger partial charge on any atom is 0.204 e. The summed E-state index contributed by atoms with van der Waals surface area (Å²) in [6.07, 6.45) is 1.62. The van der Waals surface area contributed by atoms with Gasteiger partial charge in [-0.15, -0.1) is 0 Å². The van der Waals surface area contributed by atoms with E-state index < -0.39 is 0 Å². The van der Waals surface area contributed by atoms with Crippen LogP contribution >= 0.6 is 15.9 Å². The van der Waals surface area contributed by atoms with Crippen molar-refractivity contribution >= 4 is 32.7 Å². The minimum atomic E-state index is 0.290. The molecule has 0 aliphatic carbocycles. The third-order valence-electron chi connectivity index (χ3n) is 2.48. The van der Waals surface area contributed by atoms with Crippen LogP contribution in [-0.4, -0.2) is 37.1 Å². The molecule has 0 aromatic carbocycles. The molecule has 2 aromatic heterocycles. The van der Waals surface area contributed by atoms with Gasteiger partial charge in [0.15, 0.2) is 5.58 Å². The SMILES string of the molecule is CN(C)CCNc1ncc2oc(C#N)cc2c1Br. The second-order valence-corrected chi connectivity index (χ2v) is 4.94. The lowest BCUT2D eigenvalue weighted by Gasteiger charge is -2.11. The number of hydrogen-bond acceptors (Lipinski definition) is 5. The molecule has 0 amide bonds. The van der Waals surface area contributed by atoms with Crippen molar-refractivity contribution in [2.45, 2.75) is 0 Å². The normalized spacial score (nSPS) is 10.8. The van der Waals surface area contributed by atoms with Crippen LogP contribution in [-0.2, 0) is 0 Å². The van der Waals surface area contributed by atoms with Gasteiger partial charge < -0.3 is 14.6 Å². The maximum absolute atomic E-state index is 8.80. The lowest BCUT2D eigenvalue weighted by atomic mass is 10.3. The number of furan rings is 1. The number of nitrogens with zero attached hydrogens (tertiary/aromatic N) is 3. The maximum atomic E-state index is 8.80. The molecule has 18 heavy (non-hydrogen) atoms. The number of hydrogen-bond donors (Lipinski definition) is 1. The van der Waals surface area contributed by atoms with Gasteiger partial charge in [-0.3, -0.25) is 0 Å². The van der Waals surface area contributed by atoms with Crippen LogP contribution in [0.5, 0.6) is 0 Å². The van der Waals surface area contributed by atoms with Gasteiger partial charge in [-0.25, -0.2) is 4.98 Å². The Balaban J connectivity index is 2.24. The number of rotatable bonds is 4. The van der Waals surface area contributed by atoms with Gasteiger partial charge in [-0.2, -0.15) is 5.26 Å². The van der Waals surface area contributed by atoms with Crippen LogP contribution in [0.2, 0.25) is 0 Å². The first-order chi connectivity index (χ1) is 8.61. The molecule has 0 fully saturated rings. The van der Waals surface area contributed by atoms with E-state index in [1.807, 2.05) is 20.2 Å². The Hall–Kier alpha value is -1.58. The quantitative estimate of drug-likeness (QED) is 0.939. The van der Waals surface area contributed by atoms with Crippen molar-refractivity contribution in [3.63, 3.8) is 0 Å². The average molecular weight is 309 g/mol. The zero-order valence-corrected chi connectivity index (χ0v) is 11.8. The minimum Gasteiger partial charge on any atom is -0.444 e. The van der Waals surface area contributed by atoms with Gasteiger partial charge >= 0.3 is 0 Å². The van der Waals surface area contributed by atoms with Crippen molar-refractivity contribution in [1.29, 1.82) is 5.26 Å². The second-order valence-electron chi connectivity index (χ2n) is 4.15. The number of nitriles is 1. The predicted octanol–water partition coefficient (Wildman–Crippen LogP) is 2.44. The van der Waals surface area contributed by atoms with Gasteiger partial charge in [0.05, 0.1) is 10.7 Å². The summed E-state index contributed by atoms with van der Waals surface area (Å²) in [5.74, 6) is 1.05. The van der Waals surface area contributed by atoms with E-state index in [2.05, 4.69) is 31.1 Å². The van der Waals surface area contributed by atoms with Gasteiger partial charge in [-0.05, 0) is 30.0 Å². The van der Waals surface area contributed by atoms with Crippen molar-refractivity contribution in [1.82, 2.24) is 9.88 Å². The third-order valence-corrected chi connectivity index (χ3v) is 3.28. The molecule has 0 saturated carbocycles. The van der Waals surface area contributed by atoms with Gasteiger partial charge in [0.25, 0.3) is 0 Å². The van der Waals surface area contributed by atoms with E-state index >= 15 is 0 Å². The van der Waals surface area contributed by atoms with Crippen LogP contribution in [0.1, 0.15) is 5.76 Å². The summed E-state index contributed by atoms with van der Waals surface area (Å²) in [5, 5.41) is 12.9. The Morgan fingerprint density at radius 1 is 1.56 bits per heavy atom. The van der Waals surface area contributed by atoms with Crippen LogP contribution < -0.4 is 5.32 Å². The fourth-order valence-electron chi connectivity index (χ4n) is 1.56. The van der Waals surface area contributed by atoms with Crippen LogP contribution in [0.15, 0.2) is 21.2 Å². The monoisotopic (exact) mass is 308 g/mol.